The Morgan fingerprint density at radius 1 is 1.00 bits per heavy atom. The summed E-state index contributed by atoms with van der Waals surface area (Å²) in [5.74, 6) is 0.413. The van der Waals surface area contributed by atoms with Crippen LogP contribution in [0.5, 0.6) is 5.75 Å². The summed E-state index contributed by atoms with van der Waals surface area (Å²) in [7, 11) is 0. The molecule has 2 aromatic rings. The fourth-order valence-corrected chi connectivity index (χ4v) is 2.65. The number of hydrogen-bond acceptors (Lipinski definition) is 3. The van der Waals surface area contributed by atoms with Gasteiger partial charge in [-0.3, -0.25) is 0 Å². The van der Waals surface area contributed by atoms with Crippen LogP contribution in [0.2, 0.25) is 0 Å². The average Bonchev–Trinajstić information content (AvgIpc) is 2.73. The molecule has 0 aliphatic carbocycles. The van der Waals surface area contributed by atoms with Gasteiger partial charge in [0.25, 0.3) is 0 Å². The smallest absolute Gasteiger partial charge is 0.493 e. The van der Waals surface area contributed by atoms with Gasteiger partial charge < -0.3 is 34.0 Å². The predicted octanol–water partition coefficient (Wildman–Crippen LogP) is 2.04. The van der Waals surface area contributed by atoms with Crippen LogP contribution in [0, 0.1) is 26.6 Å². The minimum absolute atomic E-state index is 0. The van der Waals surface area contributed by atoms with Gasteiger partial charge in [0.2, 0.25) is 0 Å². The number of nitrogens with one attached hydrogen (secondary N) is 2. The number of halogens is 1. The van der Waals surface area contributed by atoms with E-state index in [9.17, 15) is 9.18 Å². The molecule has 6 heteroatoms. The molecule has 0 aromatic heterocycles. The fourth-order valence-electron chi connectivity index (χ4n) is 2.65. The minimum Gasteiger partial charge on any atom is -0.493 e. The van der Waals surface area contributed by atoms with Crippen LogP contribution in [0.15, 0.2) is 42.5 Å². The molecule has 0 spiro atoms. The van der Waals surface area contributed by atoms with Gasteiger partial charge in [-0.1, -0.05) is 36.6 Å². The molecule has 1 amide bonds. The van der Waals surface area contributed by atoms with E-state index in [1.165, 1.54) is 11.6 Å². The molecule has 160 valence electrons. The molecule has 2 rings (SSSR count). The zero-order valence-corrected chi connectivity index (χ0v) is 18.3. The number of aryl methyl sites for hydroxylation is 1. The first-order valence-corrected chi connectivity index (χ1v) is 10.0. The molecule has 2 N–H and O–H groups in total. The fraction of sp³-hybridized carbons (Fsp3) is 0.375. The van der Waals surface area contributed by atoms with Crippen molar-refractivity contribution in [2.45, 2.75) is 39.0 Å². The molecule has 0 radical (unpaired) electrons. The molecular formula is C24H32FLiN2O2-2. The van der Waals surface area contributed by atoms with E-state index >= 15 is 0 Å². The molecule has 0 bridgehead atoms. The number of unbranched alkanes of at least 4 members (excludes halogenated alkanes) is 3. The molecule has 0 saturated carbocycles. The van der Waals surface area contributed by atoms with Gasteiger partial charge in [0.15, 0.2) is 0 Å². The van der Waals surface area contributed by atoms with Gasteiger partial charge in [0.1, 0.15) is 11.6 Å². The number of rotatable bonds is 12. The molecule has 0 heterocycles. The van der Waals surface area contributed by atoms with E-state index in [4.69, 9.17) is 4.74 Å². The minimum atomic E-state index is -0.222. The van der Waals surface area contributed by atoms with Crippen molar-refractivity contribution in [2.24, 2.45) is 0 Å². The van der Waals surface area contributed by atoms with Gasteiger partial charge >= 0.3 is 18.9 Å². The molecule has 0 atom stereocenters. The van der Waals surface area contributed by atoms with E-state index in [2.05, 4.69) is 24.5 Å². The van der Waals surface area contributed by atoms with Gasteiger partial charge in [0.05, 0.1) is 13.0 Å². The molecule has 0 fully saturated rings. The van der Waals surface area contributed by atoms with Crippen molar-refractivity contribution in [1.29, 1.82) is 0 Å². The molecule has 0 unspecified atom stereocenters. The SMILES string of the molecule is Cc1c(F)cccc1OCCCCCCc1ccc(N[C-]=O)cc1.[CH2-]CNC[CH2-].[Li+]. The van der Waals surface area contributed by atoms with E-state index in [0.29, 0.717) is 17.9 Å². The number of anilines is 1. The summed E-state index contributed by atoms with van der Waals surface area (Å²) < 4.78 is 19.0. The van der Waals surface area contributed by atoms with E-state index in [0.717, 1.165) is 50.9 Å². The molecule has 2 aromatic carbocycles. The zero-order valence-electron chi connectivity index (χ0n) is 18.3. The predicted molar refractivity (Wildman–Crippen MR) is 118 cm³/mol. The maximum absolute atomic E-state index is 13.4. The Labute approximate surface area is 193 Å². The normalized spacial score (nSPS) is 9.73. The molecule has 4 nitrogen and oxygen atoms in total. The van der Waals surface area contributed by atoms with Gasteiger partial charge in [-0.25, -0.2) is 4.39 Å². The summed E-state index contributed by atoms with van der Waals surface area (Å²) in [6.07, 6.45) is 6.99. The monoisotopic (exact) mass is 406 g/mol. The topological polar surface area (TPSA) is 50.4 Å². The molecule has 30 heavy (non-hydrogen) atoms. The van der Waals surface area contributed by atoms with Crippen molar-refractivity contribution in [3.8, 4) is 5.75 Å². The second kappa shape index (κ2) is 18.0. The maximum Gasteiger partial charge on any atom is 1.00 e. The van der Waals surface area contributed by atoms with E-state index in [1.54, 1.807) is 25.5 Å². The molecular weight excluding hydrogens is 374 g/mol. The third kappa shape index (κ3) is 12.0. The average molecular weight is 406 g/mol. The maximum atomic E-state index is 13.4. The quantitative estimate of drug-likeness (QED) is 0.246. The van der Waals surface area contributed by atoms with Gasteiger partial charge in [0, 0.05) is 5.56 Å². The summed E-state index contributed by atoms with van der Waals surface area (Å²) >= 11 is 0. The Bertz CT molecular complexity index is 694. The van der Waals surface area contributed by atoms with Crippen LogP contribution in [0.3, 0.4) is 0 Å². The third-order valence-corrected chi connectivity index (χ3v) is 4.34. The van der Waals surface area contributed by atoms with Crippen molar-refractivity contribution >= 4 is 12.1 Å². The summed E-state index contributed by atoms with van der Waals surface area (Å²) in [5.41, 5.74) is 2.60. The first kappa shape index (κ1) is 28.2. The first-order chi connectivity index (χ1) is 14.1. The number of ether oxygens (including phenoxy) is 1. The number of amides is 1. The van der Waals surface area contributed by atoms with Crippen LogP contribution in [-0.2, 0) is 11.2 Å². The van der Waals surface area contributed by atoms with Crippen molar-refractivity contribution in [2.75, 3.05) is 25.0 Å². The van der Waals surface area contributed by atoms with E-state index in [1.807, 2.05) is 24.3 Å². The van der Waals surface area contributed by atoms with Crippen LogP contribution in [0.1, 0.15) is 36.8 Å². The zero-order chi connectivity index (χ0) is 21.3. The number of benzene rings is 2. The van der Waals surface area contributed by atoms with Crippen LogP contribution in [0.25, 0.3) is 0 Å². The first-order valence-electron chi connectivity index (χ1n) is 10.0. The Morgan fingerprint density at radius 3 is 2.27 bits per heavy atom. The van der Waals surface area contributed by atoms with Crippen molar-refractivity contribution in [1.82, 2.24) is 5.32 Å². The molecule has 0 saturated heterocycles. The van der Waals surface area contributed by atoms with Crippen molar-refractivity contribution in [3.63, 3.8) is 0 Å². The van der Waals surface area contributed by atoms with Crippen molar-refractivity contribution in [3.05, 3.63) is 73.3 Å². The number of carbonyl (C=O) groups excluding carboxylic acids is 1. The standard InChI is InChI=1S/C20H23FNO2.C4H9N.Li/c1-16-19(21)8-6-9-20(16)24-14-5-3-2-4-7-17-10-12-18(13-11-17)22-15-23;1-3-5-4-2;/h6,8-13H,2-5,7,14H2,1H3,(H,22,23);5H,1-4H2;/q-1;-2;+1. The second-order valence-electron chi connectivity index (χ2n) is 6.55. The number of hydrogen-bond donors (Lipinski definition) is 2. The van der Waals surface area contributed by atoms with E-state index < -0.39 is 0 Å². The van der Waals surface area contributed by atoms with E-state index in [-0.39, 0.29) is 24.7 Å². The Balaban J connectivity index is 0.00000125. The summed E-state index contributed by atoms with van der Waals surface area (Å²) in [5, 5.41) is 5.39. The Morgan fingerprint density at radius 2 is 1.67 bits per heavy atom. The summed E-state index contributed by atoms with van der Waals surface area (Å²) in [4.78, 5) is 10.2. The summed E-state index contributed by atoms with van der Waals surface area (Å²) in [6.45, 7) is 11.0. The van der Waals surface area contributed by atoms with Crippen molar-refractivity contribution < 1.29 is 32.8 Å². The van der Waals surface area contributed by atoms with Gasteiger partial charge in [-0.2, -0.15) is 0 Å². The Hall–Kier alpha value is -1.80. The van der Waals surface area contributed by atoms with Crippen LogP contribution in [-0.4, -0.2) is 26.1 Å². The molecule has 0 aliphatic heterocycles. The molecule has 0 aliphatic rings. The summed E-state index contributed by atoms with van der Waals surface area (Å²) in [6, 6.07) is 12.7. The van der Waals surface area contributed by atoms with Crippen LogP contribution >= 0.6 is 0 Å². The van der Waals surface area contributed by atoms with Crippen LogP contribution in [0.4, 0.5) is 10.1 Å². The second-order valence-corrected chi connectivity index (χ2v) is 6.55. The van der Waals surface area contributed by atoms with Crippen LogP contribution < -0.4 is 34.2 Å². The largest absolute Gasteiger partial charge is 1.00 e. The Kier molecular flexibility index (Phi) is 16.9. The van der Waals surface area contributed by atoms with Gasteiger partial charge in [-0.05, 0) is 38.3 Å². The van der Waals surface area contributed by atoms with Gasteiger partial charge in [-0.15, -0.1) is 30.9 Å². The third-order valence-electron chi connectivity index (χ3n) is 4.34.